The van der Waals surface area contributed by atoms with Gasteiger partial charge in [-0.2, -0.15) is 0 Å². The molecule has 0 saturated carbocycles. The van der Waals surface area contributed by atoms with Crippen LogP contribution in [0.25, 0.3) is 0 Å². The van der Waals surface area contributed by atoms with Gasteiger partial charge < -0.3 is 5.32 Å². The first kappa shape index (κ1) is 20.1. The van der Waals surface area contributed by atoms with Crippen LogP contribution < -0.4 is 5.32 Å². The second-order valence-corrected chi connectivity index (χ2v) is 9.43. The van der Waals surface area contributed by atoms with Gasteiger partial charge >= 0.3 is 0 Å². The number of carbonyl (C=O) groups is 1. The Morgan fingerprint density at radius 2 is 1.93 bits per heavy atom. The number of benzene rings is 1. The largest absolute Gasteiger partial charge is 0.352 e. The molecule has 2 aromatic heterocycles. The Balaban J connectivity index is 1.21. The molecule has 1 fully saturated rings. The first-order chi connectivity index (χ1) is 14.3. The van der Waals surface area contributed by atoms with E-state index >= 15 is 0 Å². The van der Waals surface area contributed by atoms with Crippen LogP contribution in [0.3, 0.4) is 0 Å². The van der Waals surface area contributed by atoms with E-state index in [0.717, 1.165) is 48.9 Å². The van der Waals surface area contributed by atoms with Gasteiger partial charge in [0.1, 0.15) is 5.03 Å². The van der Waals surface area contributed by atoms with Crippen LogP contribution in [-0.4, -0.2) is 35.4 Å². The third-order valence-corrected chi connectivity index (χ3v) is 7.01. The number of carbonyl (C=O) groups excluding carboxylic acids is 1. The number of aromatic nitrogens is 1. The van der Waals surface area contributed by atoms with Crippen molar-refractivity contribution in [2.45, 2.75) is 29.3 Å². The third kappa shape index (κ3) is 5.92. The van der Waals surface area contributed by atoms with Crippen molar-refractivity contribution in [2.75, 3.05) is 19.6 Å². The van der Waals surface area contributed by atoms with E-state index in [4.69, 9.17) is 0 Å². The van der Waals surface area contributed by atoms with Gasteiger partial charge in [-0.25, -0.2) is 4.98 Å². The molecule has 0 unspecified atom stereocenters. The van der Waals surface area contributed by atoms with Crippen LogP contribution in [0.2, 0.25) is 0 Å². The van der Waals surface area contributed by atoms with E-state index in [9.17, 15) is 4.79 Å². The molecule has 3 aromatic rings. The van der Waals surface area contributed by atoms with E-state index in [1.165, 1.54) is 4.88 Å². The zero-order valence-corrected chi connectivity index (χ0v) is 17.9. The van der Waals surface area contributed by atoms with Gasteiger partial charge in [-0.15, -0.1) is 11.3 Å². The summed E-state index contributed by atoms with van der Waals surface area (Å²) in [5.74, 6) is 0.581. The minimum atomic E-state index is 0.0143. The Morgan fingerprint density at radius 3 is 2.62 bits per heavy atom. The molecule has 1 aliphatic heterocycles. The number of nitrogens with zero attached hydrogens (tertiary/aromatic N) is 2. The maximum absolute atomic E-state index is 12.5. The SMILES string of the molecule is O=C(NCC1CCN(Cc2cccs2)CC1)c1ccc(Sc2ccccn2)cc1. The normalized spacial score (nSPS) is 15.3. The molecule has 1 aliphatic rings. The molecule has 0 spiro atoms. The molecular weight excluding hydrogens is 398 g/mol. The topological polar surface area (TPSA) is 45.2 Å². The summed E-state index contributed by atoms with van der Waals surface area (Å²) >= 11 is 3.43. The molecule has 1 amide bonds. The summed E-state index contributed by atoms with van der Waals surface area (Å²) in [6.07, 6.45) is 4.08. The van der Waals surface area contributed by atoms with E-state index in [1.54, 1.807) is 18.0 Å². The van der Waals surface area contributed by atoms with Crippen molar-refractivity contribution in [3.8, 4) is 0 Å². The zero-order chi connectivity index (χ0) is 19.9. The maximum atomic E-state index is 12.5. The Kier molecular flexibility index (Phi) is 6.98. The molecule has 150 valence electrons. The number of pyridine rings is 1. The number of piperidine rings is 1. The molecule has 1 N–H and O–H groups in total. The number of hydrogen-bond donors (Lipinski definition) is 1. The Bertz CT molecular complexity index is 890. The van der Waals surface area contributed by atoms with Crippen LogP contribution in [0.1, 0.15) is 28.1 Å². The second kappa shape index (κ2) is 10.1. The molecule has 1 aromatic carbocycles. The van der Waals surface area contributed by atoms with Gasteiger partial charge in [-0.05, 0) is 79.7 Å². The molecular formula is C23H25N3OS2. The van der Waals surface area contributed by atoms with Crippen LogP contribution in [0.15, 0.2) is 76.1 Å². The first-order valence-electron chi connectivity index (χ1n) is 9.98. The van der Waals surface area contributed by atoms with Crippen molar-refractivity contribution in [2.24, 2.45) is 5.92 Å². The number of amides is 1. The molecule has 3 heterocycles. The first-order valence-corrected chi connectivity index (χ1v) is 11.7. The van der Waals surface area contributed by atoms with Crippen LogP contribution in [-0.2, 0) is 6.54 Å². The van der Waals surface area contributed by atoms with Crippen molar-refractivity contribution in [1.82, 2.24) is 15.2 Å². The highest BCUT2D eigenvalue weighted by molar-refractivity contribution is 7.99. The summed E-state index contributed by atoms with van der Waals surface area (Å²) < 4.78 is 0. The monoisotopic (exact) mass is 423 g/mol. The van der Waals surface area contributed by atoms with Gasteiger partial charge in [0.25, 0.3) is 5.91 Å². The standard InChI is InChI=1S/C23H25N3OS2/c27-23(19-6-8-20(9-7-19)29-22-5-1-2-12-24-22)25-16-18-10-13-26(14-11-18)17-21-4-3-15-28-21/h1-9,12,15,18H,10-11,13-14,16-17H2,(H,25,27). The predicted octanol–water partition coefficient (Wildman–Crippen LogP) is 4.94. The predicted molar refractivity (Wildman–Crippen MR) is 119 cm³/mol. The van der Waals surface area contributed by atoms with Gasteiger partial charge in [-0.3, -0.25) is 9.69 Å². The lowest BCUT2D eigenvalue weighted by molar-refractivity contribution is 0.0935. The van der Waals surface area contributed by atoms with Crippen molar-refractivity contribution in [3.05, 3.63) is 76.6 Å². The minimum absolute atomic E-state index is 0.0143. The highest BCUT2D eigenvalue weighted by atomic mass is 32.2. The average molecular weight is 424 g/mol. The number of thiophene rings is 1. The van der Waals surface area contributed by atoms with Crippen LogP contribution in [0.5, 0.6) is 0 Å². The Hall–Kier alpha value is -2.15. The lowest BCUT2D eigenvalue weighted by Crippen LogP contribution is -2.38. The lowest BCUT2D eigenvalue weighted by atomic mass is 9.96. The van der Waals surface area contributed by atoms with E-state index in [-0.39, 0.29) is 5.91 Å². The number of hydrogen-bond acceptors (Lipinski definition) is 5. The van der Waals surface area contributed by atoms with Crippen LogP contribution in [0.4, 0.5) is 0 Å². The summed E-state index contributed by atoms with van der Waals surface area (Å²) in [6.45, 7) is 4.03. The minimum Gasteiger partial charge on any atom is -0.352 e. The van der Waals surface area contributed by atoms with E-state index in [0.29, 0.717) is 11.5 Å². The third-order valence-electron chi connectivity index (χ3n) is 5.19. The molecule has 0 bridgehead atoms. The zero-order valence-electron chi connectivity index (χ0n) is 16.3. The van der Waals surface area contributed by atoms with Gasteiger partial charge in [0, 0.05) is 34.6 Å². The summed E-state index contributed by atoms with van der Waals surface area (Å²) in [7, 11) is 0. The molecule has 0 aliphatic carbocycles. The summed E-state index contributed by atoms with van der Waals surface area (Å²) in [5.41, 5.74) is 0.713. The molecule has 0 radical (unpaired) electrons. The smallest absolute Gasteiger partial charge is 0.251 e. The van der Waals surface area contributed by atoms with Crippen molar-refractivity contribution < 1.29 is 4.79 Å². The highest BCUT2D eigenvalue weighted by Crippen LogP contribution is 2.25. The van der Waals surface area contributed by atoms with Crippen molar-refractivity contribution in [1.29, 1.82) is 0 Å². The fraction of sp³-hybridized carbons (Fsp3) is 0.304. The number of likely N-dealkylation sites (tertiary alicyclic amines) is 1. The number of rotatable bonds is 7. The average Bonchev–Trinajstić information content (AvgIpc) is 3.27. The van der Waals surface area contributed by atoms with Gasteiger partial charge in [0.05, 0.1) is 0 Å². The van der Waals surface area contributed by atoms with Gasteiger partial charge in [-0.1, -0.05) is 23.9 Å². The van der Waals surface area contributed by atoms with Crippen LogP contribution >= 0.6 is 23.1 Å². The van der Waals surface area contributed by atoms with Crippen molar-refractivity contribution in [3.63, 3.8) is 0 Å². The lowest BCUT2D eigenvalue weighted by Gasteiger charge is -2.31. The summed E-state index contributed by atoms with van der Waals surface area (Å²) in [4.78, 5) is 21.8. The summed E-state index contributed by atoms with van der Waals surface area (Å²) in [6, 6.07) is 17.9. The molecule has 29 heavy (non-hydrogen) atoms. The number of nitrogens with one attached hydrogen (secondary N) is 1. The molecule has 0 atom stereocenters. The highest BCUT2D eigenvalue weighted by Gasteiger charge is 2.20. The Morgan fingerprint density at radius 1 is 1.10 bits per heavy atom. The summed E-state index contributed by atoms with van der Waals surface area (Å²) in [5, 5.41) is 6.22. The van der Waals surface area contributed by atoms with E-state index in [2.05, 4.69) is 32.7 Å². The molecule has 4 nitrogen and oxygen atoms in total. The maximum Gasteiger partial charge on any atom is 0.251 e. The Labute approximate surface area is 180 Å². The van der Waals surface area contributed by atoms with Gasteiger partial charge in [0.2, 0.25) is 0 Å². The van der Waals surface area contributed by atoms with Gasteiger partial charge in [0.15, 0.2) is 0 Å². The van der Waals surface area contributed by atoms with Crippen LogP contribution in [0, 0.1) is 5.92 Å². The molecule has 4 rings (SSSR count). The molecule has 6 heteroatoms. The second-order valence-electron chi connectivity index (χ2n) is 7.30. The quantitative estimate of drug-likeness (QED) is 0.585. The van der Waals surface area contributed by atoms with E-state index in [1.807, 2.05) is 53.8 Å². The molecule has 1 saturated heterocycles. The fourth-order valence-corrected chi connectivity index (χ4v) is 5.03. The van der Waals surface area contributed by atoms with Crippen molar-refractivity contribution >= 4 is 29.0 Å². The van der Waals surface area contributed by atoms with E-state index < -0.39 is 0 Å². The fourth-order valence-electron chi connectivity index (χ4n) is 3.51.